The minimum atomic E-state index is -0.522. The summed E-state index contributed by atoms with van der Waals surface area (Å²) in [5, 5.41) is 0. The van der Waals surface area contributed by atoms with Gasteiger partial charge in [-0.3, -0.25) is 0 Å². The van der Waals surface area contributed by atoms with Gasteiger partial charge < -0.3 is 23.7 Å². The van der Waals surface area contributed by atoms with Gasteiger partial charge in [0.15, 0.2) is 23.1 Å². The second-order valence-corrected chi connectivity index (χ2v) is 5.69. The minimum Gasteiger partial charge on any atom is -0.494 e. The number of rotatable bonds is 6. The topological polar surface area (TPSA) is 63.2 Å². The van der Waals surface area contributed by atoms with Gasteiger partial charge in [0, 0.05) is 5.57 Å². The Morgan fingerprint density at radius 3 is 2.00 bits per heavy atom. The Labute approximate surface area is 156 Å². The molecule has 0 amide bonds. The largest absolute Gasteiger partial charge is 0.494 e. The van der Waals surface area contributed by atoms with Gasteiger partial charge in [-0.25, -0.2) is 9.18 Å². The number of hydrogen-bond acceptors (Lipinski definition) is 6. The van der Waals surface area contributed by atoms with E-state index in [-0.39, 0.29) is 12.4 Å². The first-order valence-corrected chi connectivity index (χ1v) is 8.08. The first kappa shape index (κ1) is 18.6. The van der Waals surface area contributed by atoms with Crippen molar-refractivity contribution in [3.8, 4) is 23.0 Å². The van der Waals surface area contributed by atoms with E-state index in [0.717, 1.165) is 0 Å². The Kier molecular flexibility index (Phi) is 5.21. The van der Waals surface area contributed by atoms with E-state index in [4.69, 9.17) is 23.7 Å². The molecule has 0 bridgehead atoms. The molecule has 142 valence electrons. The molecule has 3 rings (SSSR count). The number of halogens is 1. The van der Waals surface area contributed by atoms with Crippen molar-refractivity contribution in [2.75, 3.05) is 35.0 Å². The fourth-order valence-electron chi connectivity index (χ4n) is 3.00. The normalized spacial score (nSPS) is 13.4. The molecule has 1 aliphatic rings. The molecule has 0 saturated carbocycles. The van der Waals surface area contributed by atoms with E-state index in [1.54, 1.807) is 18.2 Å². The standard InChI is InChI=1S/C20H19FO6/c1-23-15-6-5-11(7-14(15)21)13-10-27-20(22)18(13)12-8-16(24-2)19(26-4)17(9-12)25-3/h5-9H,10H2,1-4H3. The highest BCUT2D eigenvalue weighted by Gasteiger charge is 2.29. The van der Waals surface area contributed by atoms with Gasteiger partial charge in [-0.2, -0.15) is 0 Å². The summed E-state index contributed by atoms with van der Waals surface area (Å²) in [5.74, 6) is 0.312. The third-order valence-corrected chi connectivity index (χ3v) is 4.31. The van der Waals surface area contributed by atoms with Crippen LogP contribution >= 0.6 is 0 Å². The van der Waals surface area contributed by atoms with E-state index in [1.165, 1.54) is 40.6 Å². The van der Waals surface area contributed by atoms with Gasteiger partial charge in [0.2, 0.25) is 5.75 Å². The predicted molar refractivity (Wildman–Crippen MR) is 96.8 cm³/mol. The van der Waals surface area contributed by atoms with Crippen LogP contribution in [0.3, 0.4) is 0 Å². The van der Waals surface area contributed by atoms with Crippen LogP contribution in [0.4, 0.5) is 4.39 Å². The van der Waals surface area contributed by atoms with E-state index >= 15 is 0 Å². The lowest BCUT2D eigenvalue weighted by atomic mass is 9.96. The van der Waals surface area contributed by atoms with Gasteiger partial charge in [-0.05, 0) is 35.4 Å². The number of esters is 1. The zero-order valence-electron chi connectivity index (χ0n) is 15.4. The number of cyclic esters (lactones) is 1. The van der Waals surface area contributed by atoms with Crippen molar-refractivity contribution < 1.29 is 32.9 Å². The Hall–Kier alpha value is -3.22. The summed E-state index contributed by atoms with van der Waals surface area (Å²) in [6, 6.07) is 7.81. The summed E-state index contributed by atoms with van der Waals surface area (Å²) < 4.78 is 40.3. The Balaban J connectivity index is 2.19. The first-order valence-electron chi connectivity index (χ1n) is 8.08. The van der Waals surface area contributed by atoms with Gasteiger partial charge >= 0.3 is 5.97 Å². The summed E-state index contributed by atoms with van der Waals surface area (Å²) >= 11 is 0. The lowest BCUT2D eigenvalue weighted by Crippen LogP contribution is -2.01. The molecular weight excluding hydrogens is 355 g/mol. The van der Waals surface area contributed by atoms with Gasteiger partial charge in [0.25, 0.3) is 0 Å². The minimum absolute atomic E-state index is 0.0383. The molecule has 0 radical (unpaired) electrons. The molecule has 0 spiro atoms. The molecule has 2 aromatic carbocycles. The van der Waals surface area contributed by atoms with Crippen LogP contribution in [0.1, 0.15) is 11.1 Å². The van der Waals surface area contributed by atoms with Crippen molar-refractivity contribution in [1.29, 1.82) is 0 Å². The predicted octanol–water partition coefficient (Wildman–Crippen LogP) is 3.33. The molecule has 0 N–H and O–H groups in total. The zero-order chi connectivity index (χ0) is 19.6. The summed E-state index contributed by atoms with van der Waals surface area (Å²) in [5.41, 5.74) is 1.94. The van der Waals surface area contributed by atoms with Crippen LogP contribution in [0.5, 0.6) is 23.0 Å². The van der Waals surface area contributed by atoms with E-state index in [2.05, 4.69) is 0 Å². The third kappa shape index (κ3) is 3.28. The molecule has 0 saturated heterocycles. The Morgan fingerprint density at radius 2 is 1.48 bits per heavy atom. The smallest absolute Gasteiger partial charge is 0.339 e. The van der Waals surface area contributed by atoms with Crippen molar-refractivity contribution in [3.05, 3.63) is 47.3 Å². The summed E-state index contributed by atoms with van der Waals surface area (Å²) in [6.07, 6.45) is 0. The second-order valence-electron chi connectivity index (χ2n) is 5.69. The molecule has 0 fully saturated rings. The number of carbonyl (C=O) groups is 1. The molecule has 1 aliphatic heterocycles. The molecule has 0 aliphatic carbocycles. The summed E-state index contributed by atoms with van der Waals surface area (Å²) in [6.45, 7) is 0.0383. The van der Waals surface area contributed by atoms with E-state index < -0.39 is 11.8 Å². The molecular formula is C20H19FO6. The number of methoxy groups -OCH3 is 4. The highest BCUT2D eigenvalue weighted by molar-refractivity contribution is 6.27. The number of ether oxygens (including phenoxy) is 5. The zero-order valence-corrected chi connectivity index (χ0v) is 15.4. The summed E-state index contributed by atoms with van der Waals surface area (Å²) in [7, 11) is 5.86. The average molecular weight is 374 g/mol. The highest BCUT2D eigenvalue weighted by Crippen LogP contribution is 2.43. The van der Waals surface area contributed by atoms with E-state index in [9.17, 15) is 9.18 Å². The van der Waals surface area contributed by atoms with Crippen molar-refractivity contribution in [3.63, 3.8) is 0 Å². The first-order chi connectivity index (χ1) is 13.0. The van der Waals surface area contributed by atoms with Crippen LogP contribution in [0, 0.1) is 5.82 Å². The molecule has 27 heavy (non-hydrogen) atoms. The second kappa shape index (κ2) is 7.57. The van der Waals surface area contributed by atoms with Crippen LogP contribution in [-0.2, 0) is 9.53 Å². The van der Waals surface area contributed by atoms with Crippen LogP contribution < -0.4 is 18.9 Å². The SMILES string of the molecule is COc1ccc(C2=C(c3cc(OC)c(OC)c(OC)c3)C(=O)OC2)cc1F. The number of benzene rings is 2. The third-order valence-electron chi connectivity index (χ3n) is 4.31. The lowest BCUT2D eigenvalue weighted by Gasteiger charge is -2.14. The van der Waals surface area contributed by atoms with Crippen LogP contribution in [0.25, 0.3) is 11.1 Å². The van der Waals surface area contributed by atoms with Crippen molar-refractivity contribution in [1.82, 2.24) is 0 Å². The maximum absolute atomic E-state index is 14.1. The molecule has 6 nitrogen and oxygen atoms in total. The quantitative estimate of drug-likeness (QED) is 0.723. The van der Waals surface area contributed by atoms with Gasteiger partial charge in [0.05, 0.1) is 34.0 Å². The van der Waals surface area contributed by atoms with Crippen molar-refractivity contribution >= 4 is 17.1 Å². The molecule has 0 unspecified atom stereocenters. The van der Waals surface area contributed by atoms with E-state index in [1.807, 2.05) is 0 Å². The van der Waals surface area contributed by atoms with Crippen LogP contribution in [-0.4, -0.2) is 41.0 Å². The van der Waals surface area contributed by atoms with Crippen LogP contribution in [0.2, 0.25) is 0 Å². The molecule has 7 heteroatoms. The Morgan fingerprint density at radius 1 is 0.852 bits per heavy atom. The fraction of sp³-hybridized carbons (Fsp3) is 0.250. The molecule has 0 aromatic heterocycles. The lowest BCUT2D eigenvalue weighted by molar-refractivity contribution is -0.133. The summed E-state index contributed by atoms with van der Waals surface area (Å²) in [4.78, 5) is 12.4. The monoisotopic (exact) mass is 374 g/mol. The van der Waals surface area contributed by atoms with Crippen LogP contribution in [0.15, 0.2) is 30.3 Å². The molecule has 2 aromatic rings. The fourth-order valence-corrected chi connectivity index (χ4v) is 3.00. The van der Waals surface area contributed by atoms with Gasteiger partial charge in [0.1, 0.15) is 6.61 Å². The Bertz CT molecular complexity index is 894. The maximum Gasteiger partial charge on any atom is 0.339 e. The highest BCUT2D eigenvalue weighted by atomic mass is 19.1. The molecule has 0 atom stereocenters. The molecule has 1 heterocycles. The van der Waals surface area contributed by atoms with Gasteiger partial charge in [-0.15, -0.1) is 0 Å². The number of hydrogen-bond donors (Lipinski definition) is 0. The number of carbonyl (C=O) groups excluding carboxylic acids is 1. The van der Waals surface area contributed by atoms with Gasteiger partial charge in [-0.1, -0.05) is 6.07 Å². The van der Waals surface area contributed by atoms with E-state index in [0.29, 0.717) is 39.5 Å². The van der Waals surface area contributed by atoms with Crippen molar-refractivity contribution in [2.24, 2.45) is 0 Å². The maximum atomic E-state index is 14.1. The average Bonchev–Trinajstić information content (AvgIpc) is 3.08. The van der Waals surface area contributed by atoms with Crippen molar-refractivity contribution in [2.45, 2.75) is 0 Å².